The fourth-order valence-corrected chi connectivity index (χ4v) is 6.21. The number of para-hydroxylation sites is 2. The number of fused-ring (bicyclic) bond motifs is 1. The number of nitrogens with one attached hydrogen (secondary N) is 1. The minimum Gasteiger partial charge on any atom is -0.397 e. The zero-order valence-electron chi connectivity index (χ0n) is 20.8. The van der Waals surface area contributed by atoms with Crippen molar-refractivity contribution < 1.29 is 5.11 Å². The van der Waals surface area contributed by atoms with Gasteiger partial charge < -0.3 is 16.2 Å². The first kappa shape index (κ1) is 23.2. The first-order valence-electron chi connectivity index (χ1n) is 12.9. The molecule has 3 atom stereocenters. The average molecular weight is 458 g/mol. The molecule has 0 bridgehead atoms. The van der Waals surface area contributed by atoms with Gasteiger partial charge in [-0.2, -0.15) is 0 Å². The monoisotopic (exact) mass is 457 g/mol. The van der Waals surface area contributed by atoms with Crippen LogP contribution in [0.1, 0.15) is 69.7 Å². The van der Waals surface area contributed by atoms with E-state index in [9.17, 15) is 5.11 Å². The van der Waals surface area contributed by atoms with E-state index in [1.54, 1.807) is 16.7 Å². The van der Waals surface area contributed by atoms with Crippen molar-refractivity contribution in [3.8, 4) is 0 Å². The number of hydrogen-bond donors (Lipinski definition) is 3. The Kier molecular flexibility index (Phi) is 6.30. The number of aliphatic hydroxyl groups excluding tert-OH is 1. The van der Waals surface area contributed by atoms with E-state index in [0.717, 1.165) is 36.8 Å². The maximum Gasteiger partial charge on any atom is 0.150 e. The lowest BCUT2D eigenvalue weighted by Crippen LogP contribution is -2.35. The van der Waals surface area contributed by atoms with E-state index in [2.05, 4.69) is 49.2 Å². The standard InChI is InChI=1S/C30H39N3O/c1-4-25-17-24(20(2)26-18-30(25,26)3)19-33-15-13-22(14-16-33)21-9-11-23(12-10-21)29(34)32-28-8-6-5-7-27(28)31/h5-12,17,22,26,29,32,34H,4,13-16,18-19,31H2,1-3H3. The third-order valence-electron chi connectivity index (χ3n) is 8.69. The van der Waals surface area contributed by atoms with Gasteiger partial charge in [0.25, 0.3) is 0 Å². The summed E-state index contributed by atoms with van der Waals surface area (Å²) in [6.45, 7) is 10.5. The lowest BCUT2D eigenvalue weighted by Gasteiger charge is -2.34. The van der Waals surface area contributed by atoms with Crippen LogP contribution in [0.5, 0.6) is 0 Å². The number of hydrogen-bond acceptors (Lipinski definition) is 4. The molecule has 0 radical (unpaired) electrons. The molecular weight excluding hydrogens is 418 g/mol. The highest BCUT2D eigenvalue weighted by Gasteiger charge is 2.54. The second-order valence-electron chi connectivity index (χ2n) is 10.8. The van der Waals surface area contributed by atoms with Crippen molar-refractivity contribution in [1.29, 1.82) is 0 Å². The summed E-state index contributed by atoms with van der Waals surface area (Å²) in [5.74, 6) is 1.39. The van der Waals surface area contributed by atoms with Gasteiger partial charge in [0.05, 0.1) is 11.4 Å². The Balaban J connectivity index is 1.16. The van der Waals surface area contributed by atoms with Crippen LogP contribution >= 0.6 is 0 Å². The van der Waals surface area contributed by atoms with E-state index in [1.165, 1.54) is 31.2 Å². The van der Waals surface area contributed by atoms with Crippen molar-refractivity contribution in [1.82, 2.24) is 4.90 Å². The van der Waals surface area contributed by atoms with Crippen LogP contribution in [0.25, 0.3) is 0 Å². The maximum atomic E-state index is 10.6. The summed E-state index contributed by atoms with van der Waals surface area (Å²) in [6, 6.07) is 16.0. The van der Waals surface area contributed by atoms with Gasteiger partial charge in [-0.05, 0) is 86.2 Å². The molecule has 5 rings (SSSR count). The molecule has 4 heteroatoms. The molecule has 0 spiro atoms. The highest BCUT2D eigenvalue weighted by molar-refractivity contribution is 5.66. The smallest absolute Gasteiger partial charge is 0.150 e. The van der Waals surface area contributed by atoms with Gasteiger partial charge in [0.1, 0.15) is 0 Å². The van der Waals surface area contributed by atoms with Crippen molar-refractivity contribution in [3.63, 3.8) is 0 Å². The number of nitrogens with zero attached hydrogens (tertiary/aromatic N) is 1. The molecule has 4 nitrogen and oxygen atoms in total. The Bertz CT molecular complexity index is 1090. The zero-order valence-corrected chi connectivity index (χ0v) is 20.8. The van der Waals surface area contributed by atoms with Crippen molar-refractivity contribution in [2.45, 2.75) is 58.6 Å². The summed E-state index contributed by atoms with van der Waals surface area (Å²) < 4.78 is 0. The Morgan fingerprint density at radius 3 is 2.50 bits per heavy atom. The van der Waals surface area contributed by atoms with Crippen molar-refractivity contribution in [2.75, 3.05) is 30.7 Å². The number of allylic oxidation sites excluding steroid dienone is 2. The second kappa shape index (κ2) is 9.24. The fraction of sp³-hybridized carbons (Fsp3) is 0.467. The summed E-state index contributed by atoms with van der Waals surface area (Å²) in [5.41, 5.74) is 15.0. The summed E-state index contributed by atoms with van der Waals surface area (Å²) >= 11 is 0. The number of nitrogens with two attached hydrogens (primary N) is 1. The molecule has 0 amide bonds. The lowest BCUT2D eigenvalue weighted by molar-refractivity contribution is 0.208. The van der Waals surface area contributed by atoms with Gasteiger partial charge in [-0.15, -0.1) is 0 Å². The van der Waals surface area contributed by atoms with Crippen LogP contribution in [0.2, 0.25) is 0 Å². The summed E-state index contributed by atoms with van der Waals surface area (Å²) in [5, 5.41) is 13.7. The van der Waals surface area contributed by atoms with Crippen LogP contribution in [0.3, 0.4) is 0 Å². The third kappa shape index (κ3) is 4.42. The van der Waals surface area contributed by atoms with Gasteiger partial charge in [-0.3, -0.25) is 4.90 Å². The molecule has 3 unspecified atom stereocenters. The second-order valence-corrected chi connectivity index (χ2v) is 10.8. The Morgan fingerprint density at radius 1 is 1.12 bits per heavy atom. The molecule has 2 aromatic rings. The molecule has 34 heavy (non-hydrogen) atoms. The van der Waals surface area contributed by atoms with Gasteiger partial charge in [-0.1, -0.05) is 67.5 Å². The Morgan fingerprint density at radius 2 is 1.82 bits per heavy atom. The first-order chi connectivity index (χ1) is 16.4. The predicted octanol–water partition coefficient (Wildman–Crippen LogP) is 6.24. The summed E-state index contributed by atoms with van der Waals surface area (Å²) in [6.07, 6.45) is 6.68. The number of nitrogen functional groups attached to an aromatic ring is 1. The molecule has 180 valence electrons. The summed E-state index contributed by atoms with van der Waals surface area (Å²) in [7, 11) is 0. The van der Waals surface area contributed by atoms with E-state index in [4.69, 9.17) is 5.73 Å². The summed E-state index contributed by atoms with van der Waals surface area (Å²) in [4.78, 5) is 2.65. The van der Waals surface area contributed by atoms with E-state index in [0.29, 0.717) is 17.0 Å². The number of piperidine rings is 1. The normalized spacial score (nSPS) is 26.1. The van der Waals surface area contributed by atoms with Crippen LogP contribution in [0.4, 0.5) is 11.4 Å². The highest BCUT2D eigenvalue weighted by atomic mass is 16.3. The topological polar surface area (TPSA) is 61.5 Å². The molecule has 2 aliphatic carbocycles. The largest absolute Gasteiger partial charge is 0.397 e. The lowest BCUT2D eigenvalue weighted by atomic mass is 9.83. The van der Waals surface area contributed by atoms with Crippen LogP contribution in [0, 0.1) is 11.3 Å². The molecule has 1 aliphatic heterocycles. The molecule has 0 aromatic heterocycles. The Hall–Kier alpha value is -2.56. The van der Waals surface area contributed by atoms with E-state index >= 15 is 0 Å². The molecule has 1 heterocycles. The van der Waals surface area contributed by atoms with Crippen LogP contribution in [-0.4, -0.2) is 29.6 Å². The molecule has 1 saturated carbocycles. The van der Waals surface area contributed by atoms with Gasteiger partial charge in [0.15, 0.2) is 6.23 Å². The number of anilines is 2. The molecule has 2 aromatic carbocycles. The number of likely N-dealkylation sites (tertiary alicyclic amines) is 1. The minimum atomic E-state index is -0.776. The minimum absolute atomic E-state index is 0.471. The van der Waals surface area contributed by atoms with E-state index in [1.807, 2.05) is 36.4 Å². The SMILES string of the molecule is CCC1=CC(CN2CCC(c3ccc(C(O)Nc4ccccc4N)cc3)CC2)=C(C)C2CC12C. The predicted molar refractivity (Wildman–Crippen MR) is 142 cm³/mol. The highest BCUT2D eigenvalue weighted by Crippen LogP contribution is 2.64. The van der Waals surface area contributed by atoms with Crippen molar-refractivity contribution in [3.05, 3.63) is 82.5 Å². The third-order valence-corrected chi connectivity index (χ3v) is 8.69. The quantitative estimate of drug-likeness (QED) is 0.340. The van der Waals surface area contributed by atoms with E-state index in [-0.39, 0.29) is 0 Å². The molecule has 3 aliphatic rings. The van der Waals surface area contributed by atoms with Crippen LogP contribution in [0.15, 0.2) is 71.3 Å². The maximum absolute atomic E-state index is 10.6. The van der Waals surface area contributed by atoms with Crippen molar-refractivity contribution in [2.24, 2.45) is 11.3 Å². The molecular formula is C30H39N3O. The Labute approximate surface area is 204 Å². The van der Waals surface area contributed by atoms with Gasteiger partial charge in [-0.25, -0.2) is 0 Å². The molecule has 1 saturated heterocycles. The van der Waals surface area contributed by atoms with Gasteiger partial charge >= 0.3 is 0 Å². The van der Waals surface area contributed by atoms with E-state index < -0.39 is 6.23 Å². The van der Waals surface area contributed by atoms with Gasteiger partial charge in [0.2, 0.25) is 0 Å². The fourth-order valence-electron chi connectivity index (χ4n) is 6.21. The van der Waals surface area contributed by atoms with Crippen LogP contribution in [-0.2, 0) is 0 Å². The van der Waals surface area contributed by atoms with Crippen molar-refractivity contribution >= 4 is 11.4 Å². The molecule has 2 fully saturated rings. The van der Waals surface area contributed by atoms with Crippen LogP contribution < -0.4 is 11.1 Å². The number of benzene rings is 2. The zero-order chi connectivity index (χ0) is 23.9. The number of aliphatic hydroxyl groups is 1. The molecule has 4 N–H and O–H groups in total. The first-order valence-corrected chi connectivity index (χ1v) is 12.9. The average Bonchev–Trinajstić information content (AvgIpc) is 3.56. The number of rotatable bonds is 7. The van der Waals surface area contributed by atoms with Gasteiger partial charge in [0, 0.05) is 12.1 Å².